The minimum Gasteiger partial charge on any atom is -0.463 e. The van der Waals surface area contributed by atoms with Crippen molar-refractivity contribution in [3.05, 3.63) is 45.2 Å². The molecule has 0 radical (unpaired) electrons. The average molecular weight is 421 g/mol. The third-order valence-electron chi connectivity index (χ3n) is 2.67. The number of hydrogen-bond acceptors (Lipinski definition) is 5. The zero-order valence-corrected chi connectivity index (χ0v) is 14.2. The third kappa shape index (κ3) is 3.56. The molecule has 8 heteroatoms. The summed E-state index contributed by atoms with van der Waals surface area (Å²) in [5.41, 5.74) is 1.23. The number of anilines is 1. The molecule has 0 aliphatic rings. The van der Waals surface area contributed by atoms with E-state index in [9.17, 15) is 13.2 Å². The van der Waals surface area contributed by atoms with Gasteiger partial charge in [0, 0.05) is 3.57 Å². The van der Waals surface area contributed by atoms with Crippen LogP contribution >= 0.6 is 22.6 Å². The number of benzene rings is 1. The van der Waals surface area contributed by atoms with Gasteiger partial charge in [-0.05, 0) is 65.4 Å². The fraction of sp³-hybridized carbons (Fsp3) is 0.154. The topological polar surface area (TPSA) is 85.6 Å². The van der Waals surface area contributed by atoms with Gasteiger partial charge in [-0.25, -0.2) is 4.79 Å². The maximum atomic E-state index is 12.2. The number of rotatable bonds is 4. The summed E-state index contributed by atoms with van der Waals surface area (Å²) in [4.78, 5) is 11.3. The minimum atomic E-state index is -3.90. The van der Waals surface area contributed by atoms with E-state index in [0.717, 1.165) is 9.13 Å². The molecule has 2 rings (SSSR count). The first-order valence-electron chi connectivity index (χ1n) is 5.80. The van der Waals surface area contributed by atoms with Gasteiger partial charge in [0.2, 0.25) is 10.9 Å². The highest BCUT2D eigenvalue weighted by atomic mass is 127. The molecule has 0 amide bonds. The molecule has 0 fully saturated rings. The molecule has 0 bridgehead atoms. The van der Waals surface area contributed by atoms with Gasteiger partial charge in [-0.1, -0.05) is 0 Å². The van der Waals surface area contributed by atoms with Gasteiger partial charge in [0.05, 0.1) is 12.8 Å². The van der Waals surface area contributed by atoms with Crippen LogP contribution in [0.4, 0.5) is 5.69 Å². The highest BCUT2D eigenvalue weighted by molar-refractivity contribution is 14.1. The Kier molecular flexibility index (Phi) is 4.57. The first kappa shape index (κ1) is 15.8. The molecule has 0 atom stereocenters. The maximum absolute atomic E-state index is 12.2. The molecule has 0 unspecified atom stereocenters. The number of methoxy groups -OCH3 is 1. The Hall–Kier alpha value is -1.55. The maximum Gasteiger partial charge on any atom is 0.374 e. The van der Waals surface area contributed by atoms with Crippen LogP contribution in [0.15, 0.2) is 39.8 Å². The molecule has 0 saturated heterocycles. The molecule has 1 aromatic heterocycles. The fourth-order valence-electron chi connectivity index (χ4n) is 1.61. The van der Waals surface area contributed by atoms with E-state index in [0.29, 0.717) is 5.69 Å². The zero-order chi connectivity index (χ0) is 15.6. The van der Waals surface area contributed by atoms with Crippen LogP contribution < -0.4 is 4.72 Å². The second kappa shape index (κ2) is 6.06. The number of ether oxygens (including phenoxy) is 1. The van der Waals surface area contributed by atoms with Gasteiger partial charge >= 0.3 is 5.97 Å². The predicted molar refractivity (Wildman–Crippen MR) is 84.8 cm³/mol. The number of aryl methyl sites for hydroxylation is 1. The lowest BCUT2D eigenvalue weighted by molar-refractivity contribution is 0.0559. The van der Waals surface area contributed by atoms with Crippen LogP contribution in [0, 0.1) is 10.5 Å². The van der Waals surface area contributed by atoms with Crippen molar-refractivity contribution < 1.29 is 22.4 Å². The molecular formula is C13H12INO5S. The van der Waals surface area contributed by atoms with E-state index < -0.39 is 16.0 Å². The number of furan rings is 1. The molecule has 112 valence electrons. The monoisotopic (exact) mass is 421 g/mol. The standard InChI is InChI=1S/C13H12INO5S/c1-8-7-9(14)3-4-10(8)15-21(17,18)12-6-5-11(20-12)13(16)19-2/h3-7,15H,1-2H3. The second-order valence-electron chi connectivity index (χ2n) is 4.18. The molecule has 6 nitrogen and oxygen atoms in total. The lowest BCUT2D eigenvalue weighted by Gasteiger charge is -2.09. The minimum absolute atomic E-state index is 0.169. The van der Waals surface area contributed by atoms with Crippen molar-refractivity contribution in [3.8, 4) is 0 Å². The molecule has 1 heterocycles. The van der Waals surface area contributed by atoms with Crippen LogP contribution in [0.5, 0.6) is 0 Å². The summed E-state index contributed by atoms with van der Waals surface area (Å²) in [5.74, 6) is -0.904. The van der Waals surface area contributed by atoms with Gasteiger partial charge in [0.1, 0.15) is 0 Å². The van der Waals surface area contributed by atoms with Gasteiger partial charge < -0.3 is 9.15 Å². The van der Waals surface area contributed by atoms with Crippen LogP contribution in [-0.4, -0.2) is 21.5 Å². The molecule has 1 aromatic carbocycles. The van der Waals surface area contributed by atoms with Crippen LogP contribution in [0.3, 0.4) is 0 Å². The van der Waals surface area contributed by atoms with Crippen molar-refractivity contribution in [2.75, 3.05) is 11.8 Å². The van der Waals surface area contributed by atoms with E-state index >= 15 is 0 Å². The molecule has 0 saturated carbocycles. The van der Waals surface area contributed by atoms with Crippen molar-refractivity contribution in [2.24, 2.45) is 0 Å². The Bertz CT molecular complexity index is 782. The zero-order valence-electron chi connectivity index (χ0n) is 11.2. The van der Waals surface area contributed by atoms with E-state index in [1.54, 1.807) is 19.1 Å². The third-order valence-corrected chi connectivity index (χ3v) is 4.57. The summed E-state index contributed by atoms with van der Waals surface area (Å²) in [6.45, 7) is 1.79. The summed E-state index contributed by atoms with van der Waals surface area (Å²) < 4.78 is 37.3. The molecule has 0 aliphatic heterocycles. The summed E-state index contributed by atoms with van der Waals surface area (Å²) in [7, 11) is -2.71. The van der Waals surface area contributed by atoms with Gasteiger partial charge in [-0.15, -0.1) is 0 Å². The van der Waals surface area contributed by atoms with Gasteiger partial charge in [0.25, 0.3) is 10.0 Å². The van der Waals surface area contributed by atoms with Crippen molar-refractivity contribution in [2.45, 2.75) is 12.0 Å². The Balaban J connectivity index is 2.30. The van der Waals surface area contributed by atoms with Gasteiger partial charge in [-0.3, -0.25) is 4.72 Å². The van der Waals surface area contributed by atoms with Crippen LogP contribution in [0.1, 0.15) is 16.1 Å². The van der Waals surface area contributed by atoms with Crippen molar-refractivity contribution in [1.29, 1.82) is 0 Å². The normalized spacial score (nSPS) is 11.2. The lowest BCUT2D eigenvalue weighted by Crippen LogP contribution is -2.13. The Morgan fingerprint density at radius 2 is 2.00 bits per heavy atom. The van der Waals surface area contributed by atoms with E-state index in [1.807, 2.05) is 6.07 Å². The smallest absolute Gasteiger partial charge is 0.374 e. The SMILES string of the molecule is COC(=O)c1ccc(S(=O)(=O)Nc2ccc(I)cc2C)o1. The van der Waals surface area contributed by atoms with E-state index in [2.05, 4.69) is 32.0 Å². The lowest BCUT2D eigenvalue weighted by atomic mass is 10.2. The second-order valence-corrected chi connectivity index (χ2v) is 7.03. The summed E-state index contributed by atoms with van der Waals surface area (Å²) in [6.07, 6.45) is 0. The van der Waals surface area contributed by atoms with E-state index in [-0.39, 0.29) is 10.9 Å². The summed E-state index contributed by atoms with van der Waals surface area (Å²) >= 11 is 2.14. The van der Waals surface area contributed by atoms with Gasteiger partial charge in [-0.2, -0.15) is 8.42 Å². The van der Waals surface area contributed by atoms with Gasteiger partial charge in [0.15, 0.2) is 0 Å². The molecule has 0 spiro atoms. The van der Waals surface area contributed by atoms with Crippen LogP contribution in [0.25, 0.3) is 0 Å². The Morgan fingerprint density at radius 1 is 1.29 bits per heavy atom. The fourth-order valence-corrected chi connectivity index (χ4v) is 3.32. The molecule has 21 heavy (non-hydrogen) atoms. The number of halogens is 1. The first-order valence-corrected chi connectivity index (χ1v) is 8.37. The highest BCUT2D eigenvalue weighted by Crippen LogP contribution is 2.22. The largest absolute Gasteiger partial charge is 0.463 e. The quantitative estimate of drug-likeness (QED) is 0.606. The summed E-state index contributed by atoms with van der Waals surface area (Å²) in [5, 5.41) is -0.346. The number of nitrogens with one attached hydrogen (secondary N) is 1. The Labute approximate surface area is 135 Å². The molecule has 0 aliphatic carbocycles. The van der Waals surface area contributed by atoms with Crippen molar-refractivity contribution in [1.82, 2.24) is 0 Å². The number of esters is 1. The molecular weight excluding hydrogens is 409 g/mol. The molecule has 2 aromatic rings. The Morgan fingerprint density at radius 3 is 2.62 bits per heavy atom. The number of sulfonamides is 1. The highest BCUT2D eigenvalue weighted by Gasteiger charge is 2.22. The van der Waals surface area contributed by atoms with Crippen LogP contribution in [-0.2, 0) is 14.8 Å². The van der Waals surface area contributed by atoms with Crippen molar-refractivity contribution >= 4 is 44.3 Å². The summed E-state index contributed by atoms with van der Waals surface area (Å²) in [6, 6.07) is 7.75. The van der Waals surface area contributed by atoms with Crippen LogP contribution in [0.2, 0.25) is 0 Å². The van der Waals surface area contributed by atoms with E-state index in [1.165, 1.54) is 19.2 Å². The number of carbonyl (C=O) groups is 1. The molecule has 1 N–H and O–H groups in total. The van der Waals surface area contributed by atoms with Crippen molar-refractivity contribution in [3.63, 3.8) is 0 Å². The number of hydrogen-bond donors (Lipinski definition) is 1. The predicted octanol–water partition coefficient (Wildman–Crippen LogP) is 2.78. The van der Waals surface area contributed by atoms with E-state index in [4.69, 9.17) is 4.42 Å². The number of carbonyl (C=O) groups excluding carboxylic acids is 1. The average Bonchev–Trinajstić information content (AvgIpc) is 2.91. The first-order chi connectivity index (χ1) is 9.83.